The first-order chi connectivity index (χ1) is 24.7. The Morgan fingerprint density at radius 2 is 1.39 bits per heavy atom. The second-order valence-corrected chi connectivity index (χ2v) is 16.1. The van der Waals surface area contributed by atoms with Gasteiger partial charge in [0.1, 0.15) is 0 Å². The van der Waals surface area contributed by atoms with E-state index in [1.807, 2.05) is 6.07 Å². The molecule has 5 aromatic rings. The van der Waals surface area contributed by atoms with Crippen LogP contribution in [0.5, 0.6) is 0 Å². The van der Waals surface area contributed by atoms with E-state index in [1.54, 1.807) is 0 Å². The van der Waals surface area contributed by atoms with E-state index in [-0.39, 0.29) is 22.3 Å². The number of hydrogen-bond acceptors (Lipinski definition) is 2. The van der Waals surface area contributed by atoms with Crippen LogP contribution in [0.4, 0.5) is 17.1 Å². The molecule has 1 heterocycles. The van der Waals surface area contributed by atoms with Crippen LogP contribution in [0.3, 0.4) is 0 Å². The van der Waals surface area contributed by atoms with Gasteiger partial charge in [-0.15, -0.1) is 0 Å². The topological polar surface area (TPSA) is 6.48 Å². The fourth-order valence-corrected chi connectivity index (χ4v) is 9.86. The Kier molecular flexibility index (Phi) is 6.24. The number of hydrogen-bond donors (Lipinski definition) is 0. The zero-order valence-electron chi connectivity index (χ0n) is 30.1. The van der Waals surface area contributed by atoms with Crippen molar-refractivity contribution in [3.63, 3.8) is 0 Å². The summed E-state index contributed by atoms with van der Waals surface area (Å²) in [6.07, 6.45) is 16.6. The van der Waals surface area contributed by atoms with Crippen molar-refractivity contribution >= 4 is 17.1 Å². The normalized spacial score (nSPS) is 22.1. The minimum Gasteiger partial charge on any atom is -0.331 e. The molecule has 51 heavy (non-hydrogen) atoms. The Morgan fingerprint density at radius 3 is 2.18 bits per heavy atom. The third-order valence-corrected chi connectivity index (χ3v) is 12.5. The highest BCUT2D eigenvalue weighted by Gasteiger charge is 2.48. The molecule has 0 bridgehead atoms. The van der Waals surface area contributed by atoms with Crippen LogP contribution in [-0.2, 0) is 10.8 Å². The summed E-state index contributed by atoms with van der Waals surface area (Å²) < 4.78 is 0. The van der Waals surface area contributed by atoms with Crippen molar-refractivity contribution in [3.05, 3.63) is 185 Å². The van der Waals surface area contributed by atoms with Crippen molar-refractivity contribution in [1.82, 2.24) is 0 Å². The van der Waals surface area contributed by atoms with E-state index in [9.17, 15) is 0 Å². The number of anilines is 3. The van der Waals surface area contributed by atoms with Gasteiger partial charge in [-0.05, 0) is 119 Å². The maximum atomic E-state index is 3.47. The van der Waals surface area contributed by atoms with Crippen LogP contribution in [0.25, 0.3) is 22.3 Å². The van der Waals surface area contributed by atoms with Crippen molar-refractivity contribution in [2.45, 2.75) is 69.7 Å². The van der Waals surface area contributed by atoms with Crippen LogP contribution in [-0.4, -0.2) is 5.54 Å². The van der Waals surface area contributed by atoms with Crippen LogP contribution in [0.2, 0.25) is 0 Å². The molecular weight excluding hydrogens is 617 g/mol. The number of allylic oxidation sites excluding steroid dienone is 4. The third-order valence-electron chi connectivity index (χ3n) is 12.5. The highest BCUT2D eigenvalue weighted by atomic mass is 15.2. The van der Waals surface area contributed by atoms with E-state index in [0.717, 1.165) is 12.8 Å². The van der Waals surface area contributed by atoms with Crippen LogP contribution in [0, 0.1) is 12.1 Å². The number of benzene rings is 4. The predicted octanol–water partition coefficient (Wildman–Crippen LogP) is 12.1. The minimum atomic E-state index is -0.220. The smallest absolute Gasteiger partial charge is 0.0713 e. The molecule has 0 spiro atoms. The van der Waals surface area contributed by atoms with Gasteiger partial charge in [0.2, 0.25) is 0 Å². The summed E-state index contributed by atoms with van der Waals surface area (Å²) in [6, 6.07) is 43.1. The van der Waals surface area contributed by atoms with Crippen LogP contribution in [0.15, 0.2) is 145 Å². The highest BCUT2D eigenvalue weighted by molar-refractivity contribution is 5.87. The van der Waals surface area contributed by atoms with Crippen LogP contribution >= 0.6 is 0 Å². The van der Waals surface area contributed by atoms with E-state index >= 15 is 0 Å². The molecule has 0 saturated carbocycles. The minimum absolute atomic E-state index is 0.0942. The van der Waals surface area contributed by atoms with Gasteiger partial charge in [0.15, 0.2) is 0 Å². The van der Waals surface area contributed by atoms with Gasteiger partial charge in [-0.1, -0.05) is 119 Å². The lowest BCUT2D eigenvalue weighted by Gasteiger charge is -2.42. The van der Waals surface area contributed by atoms with Crippen molar-refractivity contribution in [2.75, 3.05) is 9.80 Å². The standard InChI is InChI=1S/C49H42N2/c1-47(2)41-20-12-9-17-36(41)38-25-23-33(29-43(38)47)50(34-24-26-39-37-18-10-13-21-42(37)48(3,4)44(39)30-34)35-27-28-49(5)45(31-35)40-19-11-14-22-46(40)51(49)32-15-7-6-8-16-32/h7,9-12,14-20,22-31,45H,6,8H2,1-5H3. The fraction of sp³-hybridized carbons (Fsp3) is 0.224. The Hall–Kier alpha value is -5.52. The molecule has 0 aromatic heterocycles. The maximum absolute atomic E-state index is 3.47. The molecule has 248 valence electrons. The zero-order chi connectivity index (χ0) is 34.7. The third kappa shape index (κ3) is 4.13. The monoisotopic (exact) mass is 658 g/mol. The summed E-state index contributed by atoms with van der Waals surface area (Å²) in [5.41, 5.74) is 17.6. The van der Waals surface area contributed by atoms with E-state index in [2.05, 4.69) is 184 Å². The summed E-state index contributed by atoms with van der Waals surface area (Å²) in [6.45, 7) is 11.8. The van der Waals surface area contributed by atoms with Crippen LogP contribution in [0.1, 0.15) is 81.2 Å². The van der Waals surface area contributed by atoms with Gasteiger partial charge in [-0.25, -0.2) is 0 Å². The second-order valence-electron chi connectivity index (χ2n) is 16.1. The number of para-hydroxylation sites is 1. The molecule has 0 saturated heterocycles. The molecule has 0 amide bonds. The summed E-state index contributed by atoms with van der Waals surface area (Å²) >= 11 is 0. The Bertz CT molecular complexity index is 2310. The molecule has 2 nitrogen and oxygen atoms in total. The first-order valence-electron chi connectivity index (χ1n) is 18.5. The molecule has 0 fully saturated rings. The Labute approximate surface area is 302 Å². The van der Waals surface area contributed by atoms with E-state index in [0.29, 0.717) is 0 Å². The average molecular weight is 659 g/mol. The number of rotatable bonds is 4. The van der Waals surface area contributed by atoms with Gasteiger partial charge in [-0.2, -0.15) is 0 Å². The summed E-state index contributed by atoms with van der Waals surface area (Å²) in [4.78, 5) is 5.09. The Morgan fingerprint density at radius 1 is 0.686 bits per heavy atom. The van der Waals surface area contributed by atoms with Gasteiger partial charge < -0.3 is 9.80 Å². The van der Waals surface area contributed by atoms with Crippen molar-refractivity contribution in [2.24, 2.45) is 0 Å². The molecular formula is C49H42N2. The molecule has 10 rings (SSSR count). The van der Waals surface area contributed by atoms with Gasteiger partial charge in [-0.3, -0.25) is 0 Å². The first kappa shape index (κ1) is 30.3. The van der Waals surface area contributed by atoms with Gasteiger partial charge in [0.05, 0.1) is 5.54 Å². The molecule has 2 unspecified atom stereocenters. The molecule has 2 heteroatoms. The van der Waals surface area contributed by atoms with Crippen molar-refractivity contribution < 1.29 is 0 Å². The van der Waals surface area contributed by atoms with E-state index in [1.165, 1.54) is 78.5 Å². The summed E-state index contributed by atoms with van der Waals surface area (Å²) in [7, 11) is 0. The molecule has 2 atom stereocenters. The Balaban J connectivity index is 1.16. The van der Waals surface area contributed by atoms with Crippen LogP contribution < -0.4 is 9.80 Å². The molecule has 0 N–H and O–H groups in total. The van der Waals surface area contributed by atoms with E-state index < -0.39 is 0 Å². The molecule has 0 radical (unpaired) electrons. The second kappa shape index (κ2) is 10.5. The molecule has 5 aliphatic rings. The van der Waals surface area contributed by atoms with Gasteiger partial charge in [0.25, 0.3) is 0 Å². The van der Waals surface area contributed by atoms with Gasteiger partial charge in [0, 0.05) is 50.8 Å². The lowest BCUT2D eigenvalue weighted by Crippen LogP contribution is -2.45. The van der Waals surface area contributed by atoms with E-state index in [4.69, 9.17) is 0 Å². The molecule has 5 aromatic carbocycles. The molecule has 1 aliphatic heterocycles. The lowest BCUT2D eigenvalue weighted by atomic mass is 9.79. The van der Waals surface area contributed by atoms with Crippen molar-refractivity contribution in [3.8, 4) is 22.3 Å². The highest BCUT2D eigenvalue weighted by Crippen LogP contribution is 2.56. The average Bonchev–Trinajstić information content (AvgIpc) is 3.65. The quantitative estimate of drug-likeness (QED) is 0.190. The number of nitrogens with zero attached hydrogens (tertiary/aromatic N) is 2. The predicted molar refractivity (Wildman–Crippen MR) is 212 cm³/mol. The first-order valence-corrected chi connectivity index (χ1v) is 18.5. The molecule has 4 aliphatic carbocycles. The fourth-order valence-electron chi connectivity index (χ4n) is 9.86. The zero-order valence-corrected chi connectivity index (χ0v) is 30.1. The SMILES string of the molecule is CC1(C)c2c#cccc2-c2ccc(N(C3=CC4c5ccccc5N(C5=CCCC=C5)C4(C)C=C3)c3ccc4c(c3)C(C)(C)c3ccccc3-4)cc21. The lowest BCUT2D eigenvalue weighted by molar-refractivity contribution is 0.526. The van der Waals surface area contributed by atoms with Crippen molar-refractivity contribution in [1.29, 1.82) is 0 Å². The maximum Gasteiger partial charge on any atom is 0.0713 e. The number of fused-ring (bicyclic) bond motifs is 9. The summed E-state index contributed by atoms with van der Waals surface area (Å²) in [5, 5.41) is 0. The van der Waals surface area contributed by atoms with Gasteiger partial charge >= 0.3 is 0 Å². The summed E-state index contributed by atoms with van der Waals surface area (Å²) in [5.74, 6) is 0.183. The largest absolute Gasteiger partial charge is 0.331 e.